The number of alkyl halides is 3. The molecule has 5 rings (SSSR count). The highest BCUT2D eigenvalue weighted by molar-refractivity contribution is 5.95. The Morgan fingerprint density at radius 3 is 2.60 bits per heavy atom. The van der Waals surface area contributed by atoms with Gasteiger partial charge in [0.1, 0.15) is 6.10 Å². The summed E-state index contributed by atoms with van der Waals surface area (Å²) in [6, 6.07) is 0.0616. The van der Waals surface area contributed by atoms with Crippen LogP contribution in [-0.2, 0) is 11.0 Å². The van der Waals surface area contributed by atoms with Crippen molar-refractivity contribution in [1.29, 1.82) is 0 Å². The van der Waals surface area contributed by atoms with Crippen LogP contribution in [0.5, 0.6) is 6.01 Å². The molecular formula is C25H29F3N2O5. The van der Waals surface area contributed by atoms with Crippen LogP contribution in [0.25, 0.3) is 0 Å². The van der Waals surface area contributed by atoms with Gasteiger partial charge < -0.3 is 20.1 Å². The Morgan fingerprint density at radius 1 is 1.29 bits per heavy atom. The monoisotopic (exact) mass is 494 g/mol. The largest absolute Gasteiger partial charge is 0.452 e. The highest BCUT2D eigenvalue weighted by Crippen LogP contribution is 2.71. The number of nitrogens with zero attached hydrogens (tertiary/aromatic N) is 2. The molecule has 0 aliphatic heterocycles. The van der Waals surface area contributed by atoms with E-state index in [0.29, 0.717) is 18.1 Å². The number of allylic oxidation sites excluding steroid dienone is 1. The first-order valence-electron chi connectivity index (χ1n) is 11.7. The van der Waals surface area contributed by atoms with Crippen LogP contribution in [0.1, 0.15) is 39.8 Å². The van der Waals surface area contributed by atoms with Gasteiger partial charge in [0.15, 0.2) is 23.2 Å². The van der Waals surface area contributed by atoms with E-state index in [1.54, 1.807) is 19.1 Å². The standard InChI is InChI=1S/C25H29F3N2O5/c1-11-9-23-12(2)7-15-17(22(15,3)4)14(19(23)33)8-13(10-31)18(32)24(23,34)20(11)35-21-29-6-5-16(30-21)25(26,27)28/h5-6,8-9,12,14-15,17-18,20,31-32,34H,7,10H2,1-4H3/t12-,14+,15-,17+,18-,20+,23+,24+/m1/s1. The number of hydrogen-bond donors (Lipinski definition) is 3. The van der Waals surface area contributed by atoms with Gasteiger partial charge in [0, 0.05) is 12.1 Å². The summed E-state index contributed by atoms with van der Waals surface area (Å²) in [5.74, 6) is -1.11. The van der Waals surface area contributed by atoms with Gasteiger partial charge in [-0.3, -0.25) is 4.79 Å². The molecule has 1 spiro atoms. The van der Waals surface area contributed by atoms with Crippen molar-refractivity contribution in [2.24, 2.45) is 34.5 Å². The average Bonchev–Trinajstić information content (AvgIpc) is 3.27. The minimum absolute atomic E-state index is 0.00611. The molecule has 1 aromatic rings. The Kier molecular flexibility index (Phi) is 5.13. The van der Waals surface area contributed by atoms with Crippen molar-refractivity contribution in [1.82, 2.24) is 9.97 Å². The van der Waals surface area contributed by atoms with Gasteiger partial charge in [0.2, 0.25) is 0 Å². The summed E-state index contributed by atoms with van der Waals surface area (Å²) in [5, 5.41) is 33.9. The third kappa shape index (κ3) is 3.05. The van der Waals surface area contributed by atoms with Crippen LogP contribution in [0.2, 0.25) is 0 Å². The van der Waals surface area contributed by atoms with Crippen LogP contribution in [0, 0.1) is 34.5 Å². The molecule has 3 N–H and O–H groups in total. The Labute approximate surface area is 200 Å². The Balaban J connectivity index is 1.65. The van der Waals surface area contributed by atoms with Gasteiger partial charge in [0.25, 0.3) is 0 Å². The summed E-state index contributed by atoms with van der Waals surface area (Å²) in [6.07, 6.45) is -3.14. The van der Waals surface area contributed by atoms with Gasteiger partial charge in [-0.25, -0.2) is 4.98 Å². The van der Waals surface area contributed by atoms with Gasteiger partial charge in [0.05, 0.1) is 12.0 Å². The van der Waals surface area contributed by atoms with E-state index < -0.39 is 59.5 Å². The number of carbonyl (C=O) groups is 1. The van der Waals surface area contributed by atoms with Crippen molar-refractivity contribution in [3.8, 4) is 6.01 Å². The van der Waals surface area contributed by atoms with Crippen molar-refractivity contribution in [3.05, 3.63) is 41.3 Å². The number of ether oxygens (including phenoxy) is 1. The first-order chi connectivity index (χ1) is 16.2. The SMILES string of the molecule is CC1=C[C@]23C(=O)[C@@H](C=C(CO)[C@@H](O)[C@]2(O)[C@H]1Oc1nccc(C(F)(F)F)n1)[C@H]1[C@@H](C[C@H]3C)C1(C)C. The van der Waals surface area contributed by atoms with Crippen molar-refractivity contribution in [2.75, 3.05) is 6.61 Å². The molecule has 1 aromatic heterocycles. The van der Waals surface area contributed by atoms with E-state index in [2.05, 4.69) is 23.8 Å². The first-order valence-corrected chi connectivity index (χ1v) is 11.7. The number of aromatic nitrogens is 2. The molecule has 1 heterocycles. The Hall–Kier alpha value is -2.30. The maximum Gasteiger partial charge on any atom is 0.433 e. The molecule has 2 fully saturated rings. The fraction of sp³-hybridized carbons (Fsp3) is 0.640. The number of fused-ring (bicyclic) bond motifs is 3. The molecule has 2 saturated carbocycles. The zero-order valence-corrected chi connectivity index (χ0v) is 19.9. The van der Waals surface area contributed by atoms with E-state index in [-0.39, 0.29) is 28.6 Å². The van der Waals surface area contributed by atoms with E-state index in [0.717, 1.165) is 6.20 Å². The third-order valence-corrected chi connectivity index (χ3v) is 9.04. The number of hydrogen-bond acceptors (Lipinski definition) is 7. The molecule has 35 heavy (non-hydrogen) atoms. The Bertz CT molecular complexity index is 1150. The normalized spacial score (nSPS) is 41.7. The number of aliphatic hydroxyl groups is 3. The molecule has 2 bridgehead atoms. The van der Waals surface area contributed by atoms with Crippen molar-refractivity contribution in [3.63, 3.8) is 0 Å². The van der Waals surface area contributed by atoms with Crippen LogP contribution in [0.15, 0.2) is 35.6 Å². The topological polar surface area (TPSA) is 113 Å². The maximum absolute atomic E-state index is 14.3. The summed E-state index contributed by atoms with van der Waals surface area (Å²) < 4.78 is 45.4. The minimum atomic E-state index is -4.73. The summed E-state index contributed by atoms with van der Waals surface area (Å²) in [6.45, 7) is 7.03. The molecule has 0 saturated heterocycles. The zero-order valence-electron chi connectivity index (χ0n) is 19.9. The van der Waals surface area contributed by atoms with Gasteiger partial charge >= 0.3 is 12.2 Å². The van der Waals surface area contributed by atoms with E-state index >= 15 is 0 Å². The fourth-order valence-corrected chi connectivity index (χ4v) is 7.25. The molecule has 0 radical (unpaired) electrons. The van der Waals surface area contributed by atoms with E-state index in [9.17, 15) is 33.3 Å². The number of Topliss-reactive ketones (excluding diaryl/α,β-unsaturated/α-hetero) is 1. The second-order valence-corrected chi connectivity index (χ2v) is 11.1. The van der Waals surface area contributed by atoms with Crippen LogP contribution >= 0.6 is 0 Å². The van der Waals surface area contributed by atoms with E-state index in [4.69, 9.17) is 4.74 Å². The maximum atomic E-state index is 14.3. The fourth-order valence-electron chi connectivity index (χ4n) is 7.25. The number of rotatable bonds is 3. The van der Waals surface area contributed by atoms with E-state index in [1.807, 2.05) is 6.92 Å². The molecule has 7 nitrogen and oxygen atoms in total. The lowest BCUT2D eigenvalue weighted by molar-refractivity contribution is -0.186. The summed E-state index contributed by atoms with van der Waals surface area (Å²) in [5.41, 5.74) is -4.72. The highest BCUT2D eigenvalue weighted by Gasteiger charge is 2.76. The van der Waals surface area contributed by atoms with Crippen molar-refractivity contribution < 1.29 is 38.0 Å². The summed E-state index contributed by atoms with van der Waals surface area (Å²) >= 11 is 0. The first kappa shape index (κ1) is 24.4. The summed E-state index contributed by atoms with van der Waals surface area (Å²) in [7, 11) is 0. The smallest absolute Gasteiger partial charge is 0.433 e. The van der Waals surface area contributed by atoms with Crippen molar-refractivity contribution >= 4 is 5.78 Å². The minimum Gasteiger partial charge on any atom is -0.452 e. The van der Waals surface area contributed by atoms with Gasteiger partial charge in [-0.1, -0.05) is 32.9 Å². The highest BCUT2D eigenvalue weighted by atomic mass is 19.4. The second kappa shape index (κ2) is 7.36. The Morgan fingerprint density at radius 2 is 1.97 bits per heavy atom. The number of carbonyl (C=O) groups excluding carboxylic acids is 1. The lowest BCUT2D eigenvalue weighted by Gasteiger charge is -2.48. The number of ketones is 1. The van der Waals surface area contributed by atoms with Gasteiger partial charge in [-0.2, -0.15) is 18.2 Å². The molecule has 8 atom stereocenters. The van der Waals surface area contributed by atoms with Crippen LogP contribution in [0.4, 0.5) is 13.2 Å². The molecule has 0 unspecified atom stereocenters. The van der Waals surface area contributed by atoms with Crippen molar-refractivity contribution in [2.45, 2.75) is 58.1 Å². The summed E-state index contributed by atoms with van der Waals surface area (Å²) in [4.78, 5) is 21.5. The third-order valence-electron chi connectivity index (χ3n) is 9.04. The quantitative estimate of drug-likeness (QED) is 0.554. The molecule has 0 amide bonds. The van der Waals surface area contributed by atoms with Crippen LogP contribution in [-0.4, -0.2) is 55.5 Å². The van der Waals surface area contributed by atoms with Crippen LogP contribution in [0.3, 0.4) is 0 Å². The zero-order chi connectivity index (χ0) is 25.7. The molecular weight excluding hydrogens is 465 g/mol. The number of aliphatic hydroxyl groups excluding tert-OH is 2. The lowest BCUT2D eigenvalue weighted by atomic mass is 9.59. The number of halogens is 3. The second-order valence-electron chi connectivity index (χ2n) is 11.1. The molecule has 0 aromatic carbocycles. The van der Waals surface area contributed by atoms with Crippen LogP contribution < -0.4 is 4.74 Å². The molecule has 190 valence electrons. The lowest BCUT2D eigenvalue weighted by Crippen LogP contribution is -2.66. The predicted molar refractivity (Wildman–Crippen MR) is 117 cm³/mol. The molecule has 4 aliphatic rings. The predicted octanol–water partition coefficient (Wildman–Crippen LogP) is 2.71. The van der Waals surface area contributed by atoms with E-state index in [1.165, 1.54) is 0 Å². The molecule has 4 aliphatic carbocycles. The van der Waals surface area contributed by atoms with Gasteiger partial charge in [-0.05, 0) is 53.7 Å². The average molecular weight is 495 g/mol. The van der Waals surface area contributed by atoms with Gasteiger partial charge in [-0.15, -0.1) is 0 Å². The molecule has 10 heteroatoms.